The van der Waals surface area contributed by atoms with E-state index in [1.54, 1.807) is 4.68 Å². The van der Waals surface area contributed by atoms with Crippen molar-refractivity contribution >= 4 is 11.6 Å². The Morgan fingerprint density at radius 2 is 1.92 bits per heavy atom. The van der Waals surface area contributed by atoms with E-state index < -0.39 is 0 Å². The van der Waals surface area contributed by atoms with Gasteiger partial charge in [-0.25, -0.2) is 0 Å². The summed E-state index contributed by atoms with van der Waals surface area (Å²) in [5.41, 5.74) is 3.05. The summed E-state index contributed by atoms with van der Waals surface area (Å²) in [5, 5.41) is 15.2. The maximum absolute atomic E-state index is 5.47. The van der Waals surface area contributed by atoms with Gasteiger partial charge in [-0.2, -0.15) is 4.68 Å². The highest BCUT2D eigenvalue weighted by Gasteiger charge is 2.25. The van der Waals surface area contributed by atoms with Crippen molar-refractivity contribution in [3.8, 4) is 11.5 Å². The predicted octanol–water partition coefficient (Wildman–Crippen LogP) is 2.46. The Hall–Kier alpha value is -3.35. The van der Waals surface area contributed by atoms with E-state index in [1.165, 1.54) is 0 Å². The van der Waals surface area contributed by atoms with Crippen LogP contribution in [0.1, 0.15) is 17.2 Å². The SMILES string of the molecule is C1=C(c2ccc3c(c2)OCO3)Nc2nnnn2[C@@H]1c1ccccc1. The summed E-state index contributed by atoms with van der Waals surface area (Å²) in [5.74, 6) is 2.12. The molecule has 0 unspecified atom stereocenters. The molecule has 3 aromatic rings. The molecule has 0 saturated carbocycles. The summed E-state index contributed by atoms with van der Waals surface area (Å²) < 4.78 is 12.6. The highest BCUT2D eigenvalue weighted by atomic mass is 16.7. The minimum atomic E-state index is -0.0714. The molecule has 3 heterocycles. The van der Waals surface area contributed by atoms with Gasteiger partial charge in [-0.3, -0.25) is 0 Å². The first-order valence-electron chi connectivity index (χ1n) is 7.60. The van der Waals surface area contributed by atoms with Crippen molar-refractivity contribution in [2.24, 2.45) is 0 Å². The Kier molecular flexibility index (Phi) is 2.78. The Labute approximate surface area is 137 Å². The zero-order chi connectivity index (χ0) is 15.9. The van der Waals surface area contributed by atoms with E-state index in [0.717, 1.165) is 28.3 Å². The molecule has 0 amide bonds. The number of allylic oxidation sites excluding steroid dienone is 1. The van der Waals surface area contributed by atoms with Crippen molar-refractivity contribution < 1.29 is 9.47 Å². The van der Waals surface area contributed by atoms with E-state index in [0.29, 0.717) is 5.95 Å². The average Bonchev–Trinajstić information content (AvgIpc) is 3.29. The molecule has 2 aromatic carbocycles. The summed E-state index contributed by atoms with van der Waals surface area (Å²) >= 11 is 0. The van der Waals surface area contributed by atoms with E-state index in [4.69, 9.17) is 9.47 Å². The monoisotopic (exact) mass is 319 g/mol. The lowest BCUT2D eigenvalue weighted by Gasteiger charge is -2.23. The highest BCUT2D eigenvalue weighted by molar-refractivity contribution is 5.78. The van der Waals surface area contributed by atoms with Gasteiger partial charge in [-0.15, -0.1) is 0 Å². The van der Waals surface area contributed by atoms with Crippen molar-refractivity contribution in [2.75, 3.05) is 12.1 Å². The number of anilines is 1. The van der Waals surface area contributed by atoms with E-state index in [-0.39, 0.29) is 12.8 Å². The molecule has 118 valence electrons. The van der Waals surface area contributed by atoms with Crippen molar-refractivity contribution in [1.82, 2.24) is 20.2 Å². The van der Waals surface area contributed by atoms with E-state index in [2.05, 4.69) is 39.1 Å². The summed E-state index contributed by atoms with van der Waals surface area (Å²) in [6.07, 6.45) is 2.11. The number of rotatable bonds is 2. The van der Waals surface area contributed by atoms with E-state index >= 15 is 0 Å². The molecule has 0 aliphatic carbocycles. The van der Waals surface area contributed by atoms with Gasteiger partial charge in [-0.05, 0) is 40.3 Å². The number of aromatic nitrogens is 4. The molecule has 0 bridgehead atoms. The lowest BCUT2D eigenvalue weighted by Crippen LogP contribution is -2.20. The van der Waals surface area contributed by atoms with Crippen LogP contribution in [0.3, 0.4) is 0 Å². The minimum absolute atomic E-state index is 0.0714. The molecule has 1 atom stereocenters. The average molecular weight is 319 g/mol. The zero-order valence-corrected chi connectivity index (χ0v) is 12.6. The maximum atomic E-state index is 5.47. The van der Waals surface area contributed by atoms with E-state index in [9.17, 15) is 0 Å². The number of ether oxygens (including phenoxy) is 2. The molecule has 0 fully saturated rings. The van der Waals surface area contributed by atoms with Crippen LogP contribution in [-0.4, -0.2) is 27.0 Å². The number of fused-ring (bicyclic) bond motifs is 2. The standard InChI is InChI=1S/C17H13N5O2/c1-2-4-11(5-3-1)14-9-13(18-17-19-20-21-22(14)17)12-6-7-15-16(8-12)24-10-23-15/h1-9,14H,10H2,(H,18,19,21)/t14-/m0/s1. The predicted molar refractivity (Wildman–Crippen MR) is 86.6 cm³/mol. The van der Waals surface area contributed by atoms with Crippen LogP contribution in [0.15, 0.2) is 54.6 Å². The van der Waals surface area contributed by atoms with Crippen LogP contribution in [0.2, 0.25) is 0 Å². The van der Waals surface area contributed by atoms with E-state index in [1.807, 2.05) is 36.4 Å². The molecular weight excluding hydrogens is 306 g/mol. The Morgan fingerprint density at radius 1 is 1.04 bits per heavy atom. The van der Waals surface area contributed by atoms with Gasteiger partial charge in [0, 0.05) is 11.3 Å². The van der Waals surface area contributed by atoms with Gasteiger partial charge < -0.3 is 14.8 Å². The van der Waals surface area contributed by atoms with Crippen LogP contribution in [0.5, 0.6) is 11.5 Å². The quantitative estimate of drug-likeness (QED) is 0.782. The number of hydrogen-bond acceptors (Lipinski definition) is 6. The molecule has 7 heteroatoms. The molecule has 2 aliphatic heterocycles. The second-order valence-corrected chi connectivity index (χ2v) is 5.58. The van der Waals surface area contributed by atoms with Gasteiger partial charge in [0.25, 0.3) is 0 Å². The van der Waals surface area contributed by atoms with Gasteiger partial charge in [-0.1, -0.05) is 35.4 Å². The van der Waals surface area contributed by atoms with Crippen molar-refractivity contribution in [1.29, 1.82) is 0 Å². The molecule has 5 rings (SSSR count). The first-order valence-corrected chi connectivity index (χ1v) is 7.60. The summed E-state index contributed by atoms with van der Waals surface area (Å²) in [6, 6.07) is 15.9. The maximum Gasteiger partial charge on any atom is 0.248 e. The zero-order valence-electron chi connectivity index (χ0n) is 12.6. The fraction of sp³-hybridized carbons (Fsp3) is 0.118. The number of nitrogens with one attached hydrogen (secondary N) is 1. The second kappa shape index (κ2) is 5.09. The molecule has 1 aromatic heterocycles. The van der Waals surface area contributed by atoms with Gasteiger partial charge in [0.05, 0.1) is 0 Å². The minimum Gasteiger partial charge on any atom is -0.454 e. The van der Waals surface area contributed by atoms with Crippen LogP contribution >= 0.6 is 0 Å². The van der Waals surface area contributed by atoms with Crippen molar-refractivity contribution in [3.63, 3.8) is 0 Å². The third-order valence-electron chi connectivity index (χ3n) is 4.15. The third-order valence-corrected chi connectivity index (χ3v) is 4.15. The molecular formula is C17H13N5O2. The molecule has 0 radical (unpaired) electrons. The number of hydrogen-bond donors (Lipinski definition) is 1. The van der Waals surface area contributed by atoms with Gasteiger partial charge >= 0.3 is 0 Å². The molecule has 2 aliphatic rings. The third kappa shape index (κ3) is 2.02. The first kappa shape index (κ1) is 13.1. The molecule has 1 N–H and O–H groups in total. The molecule has 0 spiro atoms. The highest BCUT2D eigenvalue weighted by Crippen LogP contribution is 2.37. The lowest BCUT2D eigenvalue weighted by molar-refractivity contribution is 0.174. The summed E-state index contributed by atoms with van der Waals surface area (Å²) in [7, 11) is 0. The fourth-order valence-corrected chi connectivity index (χ4v) is 2.97. The van der Waals surface area contributed by atoms with Gasteiger partial charge in [0.1, 0.15) is 6.04 Å². The Balaban J connectivity index is 1.60. The summed E-state index contributed by atoms with van der Waals surface area (Å²) in [6.45, 7) is 0.260. The van der Waals surface area contributed by atoms with Crippen LogP contribution in [-0.2, 0) is 0 Å². The topological polar surface area (TPSA) is 74.1 Å². The molecule has 7 nitrogen and oxygen atoms in total. The van der Waals surface area contributed by atoms with Gasteiger partial charge in [0.2, 0.25) is 12.7 Å². The molecule has 0 saturated heterocycles. The lowest BCUT2D eigenvalue weighted by atomic mass is 10.0. The molecule has 24 heavy (non-hydrogen) atoms. The smallest absolute Gasteiger partial charge is 0.248 e. The Bertz CT molecular complexity index is 935. The van der Waals surface area contributed by atoms with Crippen molar-refractivity contribution in [3.05, 3.63) is 65.7 Å². The second-order valence-electron chi connectivity index (χ2n) is 5.58. The van der Waals surface area contributed by atoms with Crippen LogP contribution < -0.4 is 14.8 Å². The number of tetrazole rings is 1. The summed E-state index contributed by atoms with van der Waals surface area (Å²) in [4.78, 5) is 0. The van der Waals surface area contributed by atoms with Crippen LogP contribution in [0.25, 0.3) is 5.70 Å². The van der Waals surface area contributed by atoms with Crippen molar-refractivity contribution in [2.45, 2.75) is 6.04 Å². The van der Waals surface area contributed by atoms with Gasteiger partial charge in [0.15, 0.2) is 11.5 Å². The Morgan fingerprint density at radius 3 is 2.83 bits per heavy atom. The normalized spacial score (nSPS) is 17.8. The number of nitrogens with zero attached hydrogens (tertiary/aromatic N) is 4. The van der Waals surface area contributed by atoms with Crippen LogP contribution in [0, 0.1) is 0 Å². The first-order chi connectivity index (χ1) is 11.9. The number of benzene rings is 2. The van der Waals surface area contributed by atoms with Crippen LogP contribution in [0.4, 0.5) is 5.95 Å². The largest absolute Gasteiger partial charge is 0.454 e. The fourth-order valence-electron chi connectivity index (χ4n) is 2.97.